The zero-order chi connectivity index (χ0) is 51.0. The molecule has 2 fully saturated rings. The molecule has 0 saturated carbocycles. The smallest absolute Gasteiger partial charge is 0.417 e. The van der Waals surface area contributed by atoms with E-state index in [0.29, 0.717) is 70.2 Å². The topological polar surface area (TPSA) is 179 Å². The molecule has 6 rings (SSSR count). The van der Waals surface area contributed by atoms with Gasteiger partial charge in [-0.3, -0.25) is 24.1 Å². The number of pyridine rings is 1. The average Bonchev–Trinajstić information content (AvgIpc) is 3.98. The van der Waals surface area contributed by atoms with Gasteiger partial charge in [0.1, 0.15) is 24.2 Å². The Morgan fingerprint density at radius 1 is 0.971 bits per heavy atom. The van der Waals surface area contributed by atoms with Crippen molar-refractivity contribution < 1.29 is 46.6 Å². The van der Waals surface area contributed by atoms with E-state index >= 15 is 0 Å². The minimum absolute atomic E-state index is 0.0404. The van der Waals surface area contributed by atoms with E-state index in [1.54, 1.807) is 42.2 Å². The van der Waals surface area contributed by atoms with Crippen LogP contribution in [-0.4, -0.2) is 101 Å². The number of nitrogens with zero attached hydrogens (tertiary/aromatic N) is 6. The maximum absolute atomic E-state index is 14.1. The Kier molecular flexibility index (Phi) is 17.4. The first-order valence-corrected chi connectivity index (χ1v) is 24.3. The normalized spacial score (nSPS) is 17.4. The lowest BCUT2D eigenvalue weighted by molar-refractivity contribution is -0.144. The lowest BCUT2D eigenvalue weighted by Gasteiger charge is -2.35. The molecule has 3 atom stereocenters. The maximum Gasteiger partial charge on any atom is 0.417 e. The number of halogens is 3. The van der Waals surface area contributed by atoms with Crippen LogP contribution >= 0.6 is 23.6 Å². The van der Waals surface area contributed by atoms with Crippen molar-refractivity contribution in [2.45, 2.75) is 104 Å². The lowest BCUT2D eigenvalue weighted by atomic mass is 9.85. The maximum atomic E-state index is 14.1. The molecule has 0 radical (unpaired) electrons. The zero-order valence-corrected chi connectivity index (χ0v) is 42.0. The number of carbonyl (C=O) groups excluding carboxylic acids is 4. The van der Waals surface area contributed by atoms with Gasteiger partial charge in [0.2, 0.25) is 23.6 Å². The van der Waals surface area contributed by atoms with Crippen LogP contribution in [0.1, 0.15) is 89.6 Å². The van der Waals surface area contributed by atoms with Crippen LogP contribution in [0, 0.1) is 29.6 Å². The van der Waals surface area contributed by atoms with Crippen LogP contribution in [0.5, 0.6) is 5.88 Å². The number of hydrogen-bond acceptors (Lipinski definition) is 12. The van der Waals surface area contributed by atoms with Gasteiger partial charge in [0.05, 0.1) is 57.5 Å². The van der Waals surface area contributed by atoms with Crippen LogP contribution in [0.25, 0.3) is 10.4 Å². The van der Waals surface area contributed by atoms with Gasteiger partial charge in [-0.1, -0.05) is 52.0 Å². The van der Waals surface area contributed by atoms with Crippen molar-refractivity contribution in [3.8, 4) is 22.4 Å². The predicted octanol–water partition coefficient (Wildman–Crippen LogP) is 7.99. The number of anilines is 2. The van der Waals surface area contributed by atoms with Gasteiger partial charge in [0.25, 0.3) is 5.91 Å². The van der Waals surface area contributed by atoms with E-state index in [0.717, 1.165) is 38.7 Å². The molecule has 15 nitrogen and oxygen atoms in total. The number of unbranched alkanes of at least 4 members (excludes halogenated alkanes) is 1. The Balaban J connectivity index is 0.867. The molecule has 2 N–H and O–H groups in total. The quantitative estimate of drug-likeness (QED) is 0.0645. The number of ether oxygens (including phenoxy) is 3. The molecule has 374 valence electrons. The molecular formula is C50H59F3N8O7S2. The van der Waals surface area contributed by atoms with E-state index in [1.165, 1.54) is 23.2 Å². The number of hydrogen-bond donors (Lipinski definition) is 2. The monoisotopic (exact) mass is 1000 g/mol. The van der Waals surface area contributed by atoms with E-state index in [4.69, 9.17) is 26.4 Å². The summed E-state index contributed by atoms with van der Waals surface area (Å²) in [5.74, 6) is -1.08. The summed E-state index contributed by atoms with van der Waals surface area (Å²) in [4.78, 5) is 68.0. The lowest BCUT2D eigenvalue weighted by Crippen LogP contribution is -2.58. The molecule has 4 amide bonds. The Labute approximate surface area is 415 Å². The molecule has 0 bridgehead atoms. The highest BCUT2D eigenvalue weighted by atomic mass is 32.1. The van der Waals surface area contributed by atoms with Gasteiger partial charge in [-0.2, -0.15) is 18.4 Å². The number of amides is 4. The second-order valence-electron chi connectivity index (χ2n) is 19.0. The first-order valence-electron chi connectivity index (χ1n) is 23.0. The molecule has 0 aliphatic carbocycles. The SMILES string of the molecule is Cc1ncsc1-c1ccc(CNC(=O)[C@@H]2C[C@@H](C)CN2C(=O)[C@@H](NC(=O)COCCCOCCCCOc2ccc(N3C(=S)N(c4ccc(C#N)c(C(F)(F)F)c4)C(=O)C3(C)C)cn2)C(C)(C)C)cc1. The summed E-state index contributed by atoms with van der Waals surface area (Å²) < 4.78 is 58.2. The summed E-state index contributed by atoms with van der Waals surface area (Å²) in [7, 11) is 0. The molecule has 2 saturated heterocycles. The molecule has 20 heteroatoms. The van der Waals surface area contributed by atoms with Crippen LogP contribution in [0.2, 0.25) is 0 Å². The molecule has 2 aromatic carbocycles. The molecule has 2 aliphatic heterocycles. The summed E-state index contributed by atoms with van der Waals surface area (Å²) in [5, 5.41) is 15.0. The molecule has 4 aromatic rings. The highest BCUT2D eigenvalue weighted by Crippen LogP contribution is 2.40. The number of nitriles is 1. The first kappa shape index (κ1) is 53.3. The Hall–Kier alpha value is -6.01. The molecular weight excluding hydrogens is 946 g/mol. The van der Waals surface area contributed by atoms with Gasteiger partial charge in [-0.15, -0.1) is 11.3 Å². The fourth-order valence-corrected chi connectivity index (χ4v) is 9.61. The minimum atomic E-state index is -4.81. The molecule has 2 aromatic heterocycles. The number of nitrogens with one attached hydrogen (secondary N) is 2. The summed E-state index contributed by atoms with van der Waals surface area (Å²) >= 11 is 7.18. The summed E-state index contributed by atoms with van der Waals surface area (Å²) in [5.41, 5.74) is 1.50. The van der Waals surface area contributed by atoms with Gasteiger partial charge < -0.3 is 34.6 Å². The van der Waals surface area contributed by atoms with Crippen LogP contribution in [0.4, 0.5) is 24.5 Å². The van der Waals surface area contributed by atoms with Crippen LogP contribution < -0.4 is 25.2 Å². The van der Waals surface area contributed by atoms with E-state index in [9.17, 15) is 37.6 Å². The van der Waals surface area contributed by atoms with Gasteiger partial charge in [0, 0.05) is 39.0 Å². The molecule has 0 spiro atoms. The third kappa shape index (κ3) is 12.8. The second-order valence-corrected chi connectivity index (χ2v) is 20.2. The van der Waals surface area contributed by atoms with Crippen molar-refractivity contribution in [1.29, 1.82) is 5.26 Å². The molecule has 2 aliphatic rings. The number of carbonyl (C=O) groups is 4. The number of alkyl halides is 3. The standard InChI is InChI=1S/C50H59F3N8O7S2/c1-31-23-39(44(63)56-26-33-11-13-34(14-12-33)42-32(2)57-30-70-42)59(28-31)45(64)43(48(3,4)5)58-40(62)29-67-21-10-20-66-19-8-9-22-68-41-18-17-37(27-55-41)61-47(69)60(46(65)49(61,6)7)36-16-15-35(25-54)38(24-36)50(51,52)53/h11-18,24,27,30-31,39,43H,8-10,19-23,26,28-29H2,1-7H3,(H,56,63)(H,58,62)/t31-,39+,43-/m1/s1. The number of thiazole rings is 1. The predicted molar refractivity (Wildman–Crippen MR) is 263 cm³/mol. The minimum Gasteiger partial charge on any atom is -0.478 e. The van der Waals surface area contributed by atoms with Gasteiger partial charge in [0.15, 0.2) is 5.11 Å². The van der Waals surface area contributed by atoms with Crippen molar-refractivity contribution in [3.05, 3.63) is 88.7 Å². The fourth-order valence-electron chi connectivity index (χ4n) is 8.28. The van der Waals surface area contributed by atoms with Crippen molar-refractivity contribution in [3.63, 3.8) is 0 Å². The highest BCUT2D eigenvalue weighted by molar-refractivity contribution is 7.81. The summed E-state index contributed by atoms with van der Waals surface area (Å²) in [6.07, 6.45) is -0.911. The third-order valence-electron chi connectivity index (χ3n) is 12.0. The number of aromatic nitrogens is 2. The molecule has 70 heavy (non-hydrogen) atoms. The van der Waals surface area contributed by atoms with Gasteiger partial charge in [-0.25, -0.2) is 9.97 Å². The van der Waals surface area contributed by atoms with Crippen LogP contribution in [0.15, 0.2) is 66.3 Å². The number of aryl methyl sites for hydroxylation is 1. The van der Waals surface area contributed by atoms with Crippen molar-refractivity contribution in [1.82, 2.24) is 25.5 Å². The summed E-state index contributed by atoms with van der Waals surface area (Å²) in [6, 6.07) is 14.3. The Morgan fingerprint density at radius 2 is 1.66 bits per heavy atom. The van der Waals surface area contributed by atoms with E-state index < -0.39 is 52.2 Å². The second kappa shape index (κ2) is 22.8. The summed E-state index contributed by atoms with van der Waals surface area (Å²) in [6.45, 7) is 14.8. The number of thiocarbonyl (C=S) groups is 1. The third-order valence-corrected chi connectivity index (χ3v) is 13.4. The largest absolute Gasteiger partial charge is 0.478 e. The Bertz CT molecular complexity index is 2560. The van der Waals surface area contributed by atoms with Crippen LogP contribution in [-0.2, 0) is 41.4 Å². The molecule has 0 unspecified atom stereocenters. The van der Waals surface area contributed by atoms with Crippen molar-refractivity contribution >= 4 is 63.7 Å². The van der Waals surface area contributed by atoms with Crippen molar-refractivity contribution in [2.24, 2.45) is 11.3 Å². The van der Waals surface area contributed by atoms with E-state index in [1.807, 2.05) is 64.4 Å². The number of likely N-dealkylation sites (tertiary alicyclic amines) is 1. The van der Waals surface area contributed by atoms with Crippen molar-refractivity contribution in [2.75, 3.05) is 49.4 Å². The Morgan fingerprint density at radius 3 is 2.30 bits per heavy atom. The average molecular weight is 1010 g/mol. The number of benzene rings is 2. The first-order chi connectivity index (χ1) is 33.1. The van der Waals surface area contributed by atoms with E-state index in [-0.39, 0.29) is 41.7 Å². The highest BCUT2D eigenvalue weighted by Gasteiger charge is 2.51. The van der Waals surface area contributed by atoms with Crippen LogP contribution in [0.3, 0.4) is 0 Å². The fraction of sp³-hybridized carbons (Fsp3) is 0.480. The zero-order valence-electron chi connectivity index (χ0n) is 40.4. The van der Waals surface area contributed by atoms with Gasteiger partial charge in [-0.05, 0) is 105 Å². The van der Waals surface area contributed by atoms with E-state index in [2.05, 4.69) is 20.6 Å². The van der Waals surface area contributed by atoms with Gasteiger partial charge >= 0.3 is 6.18 Å². The number of rotatable bonds is 20. The molecule has 4 heterocycles.